The second kappa shape index (κ2) is 5.88. The van der Waals surface area contributed by atoms with Gasteiger partial charge in [0, 0.05) is 13.2 Å². The highest BCUT2D eigenvalue weighted by Gasteiger charge is 1.77. The Balaban J connectivity index is 2.45. The van der Waals surface area contributed by atoms with E-state index in [9.17, 15) is 0 Å². The van der Waals surface area contributed by atoms with Gasteiger partial charge in [0.25, 0.3) is 0 Å². The fraction of sp³-hybridized carbons (Fsp3) is 1.00. The zero-order valence-corrected chi connectivity index (χ0v) is 4.61. The molecule has 0 aromatic rings. The maximum absolute atomic E-state index is 4.94. The summed E-state index contributed by atoms with van der Waals surface area (Å²) in [5.41, 5.74) is 2.48. The molecule has 3 heteroatoms. The Morgan fingerprint density at radius 1 is 1.71 bits per heavy atom. The molecule has 44 valence electrons. The number of ether oxygens (including phenoxy) is 1. The van der Waals surface area contributed by atoms with Gasteiger partial charge in [-0.25, -0.2) is 0 Å². The topological polar surface area (TPSA) is 47.3 Å². The van der Waals surface area contributed by atoms with Crippen molar-refractivity contribution in [3.05, 3.63) is 0 Å². The third-order valence-corrected chi connectivity index (χ3v) is 0.595. The molecule has 0 amide bonds. The fourth-order valence-electron chi connectivity index (χ4n) is 0.275. The van der Waals surface area contributed by atoms with Crippen LogP contribution in [0.25, 0.3) is 0 Å². The monoisotopic (exact) mass is 104 g/mol. The van der Waals surface area contributed by atoms with Crippen LogP contribution in [0.2, 0.25) is 0 Å². The molecule has 0 aromatic heterocycles. The van der Waals surface area contributed by atoms with E-state index in [-0.39, 0.29) is 0 Å². The third-order valence-electron chi connectivity index (χ3n) is 0.595. The van der Waals surface area contributed by atoms with Gasteiger partial charge in [0.1, 0.15) is 0 Å². The number of hydrogen-bond acceptors (Lipinski definition) is 3. The summed E-state index contributed by atoms with van der Waals surface area (Å²) < 4.78 is 4.93. The number of nitrogens with two attached hydrogens (primary N) is 1. The minimum Gasteiger partial charge on any atom is -0.380 e. The Bertz CT molecular complexity index is 28.9. The summed E-state index contributed by atoms with van der Waals surface area (Å²) in [4.78, 5) is 0. The zero-order chi connectivity index (χ0) is 5.54. The summed E-state index contributed by atoms with van der Waals surface area (Å²) >= 11 is 0. The van der Waals surface area contributed by atoms with Crippen LogP contribution in [-0.2, 0) is 4.74 Å². The van der Waals surface area contributed by atoms with Crippen LogP contribution in [0.4, 0.5) is 0 Å². The van der Waals surface area contributed by atoms with Gasteiger partial charge in [0.2, 0.25) is 0 Å². The molecule has 0 aliphatic heterocycles. The molecule has 0 bridgehead atoms. The maximum Gasteiger partial charge on any atom is 0.0604 e. The molecule has 0 heterocycles. The summed E-state index contributed by atoms with van der Waals surface area (Å²) in [7, 11) is 0. The van der Waals surface area contributed by atoms with Crippen LogP contribution >= 0.6 is 0 Å². The predicted molar refractivity (Wildman–Crippen MR) is 28.7 cm³/mol. The van der Waals surface area contributed by atoms with Gasteiger partial charge < -0.3 is 4.74 Å². The van der Waals surface area contributed by atoms with Crippen LogP contribution < -0.4 is 11.3 Å². The molecular weight excluding hydrogens is 92.1 g/mol. The van der Waals surface area contributed by atoms with Gasteiger partial charge in [-0.3, -0.25) is 11.3 Å². The standard InChI is InChI=1S/C4H12N2O/c1-2-7-4-3-6-5/h6H,2-5H2,1H3. The van der Waals surface area contributed by atoms with Gasteiger partial charge >= 0.3 is 0 Å². The van der Waals surface area contributed by atoms with E-state index in [0.717, 1.165) is 13.2 Å². The normalized spacial score (nSPS) is 9.43. The van der Waals surface area contributed by atoms with Crippen molar-refractivity contribution in [1.82, 2.24) is 5.43 Å². The van der Waals surface area contributed by atoms with Crippen molar-refractivity contribution < 1.29 is 4.74 Å². The lowest BCUT2D eigenvalue weighted by Crippen LogP contribution is -2.26. The highest BCUT2D eigenvalue weighted by Crippen LogP contribution is 1.66. The highest BCUT2D eigenvalue weighted by atomic mass is 16.5. The van der Waals surface area contributed by atoms with Gasteiger partial charge in [-0.1, -0.05) is 0 Å². The lowest BCUT2D eigenvalue weighted by molar-refractivity contribution is 0.149. The van der Waals surface area contributed by atoms with Crippen molar-refractivity contribution in [3.63, 3.8) is 0 Å². The first-order chi connectivity index (χ1) is 3.41. The van der Waals surface area contributed by atoms with Crippen molar-refractivity contribution >= 4 is 0 Å². The lowest BCUT2D eigenvalue weighted by atomic mass is 10.7. The average Bonchev–Trinajstić information content (AvgIpc) is 1.69. The molecular formula is C4H12N2O. The van der Waals surface area contributed by atoms with Crippen molar-refractivity contribution in [2.75, 3.05) is 19.8 Å². The Kier molecular flexibility index (Phi) is 5.78. The molecule has 0 rings (SSSR count). The van der Waals surface area contributed by atoms with Gasteiger partial charge in [0.05, 0.1) is 6.61 Å². The zero-order valence-electron chi connectivity index (χ0n) is 4.61. The highest BCUT2D eigenvalue weighted by molar-refractivity contribution is 4.30. The van der Waals surface area contributed by atoms with E-state index in [1.807, 2.05) is 6.92 Å². The second-order valence-electron chi connectivity index (χ2n) is 1.15. The van der Waals surface area contributed by atoms with Crippen molar-refractivity contribution in [2.45, 2.75) is 6.92 Å². The van der Waals surface area contributed by atoms with E-state index in [4.69, 9.17) is 10.6 Å². The van der Waals surface area contributed by atoms with E-state index < -0.39 is 0 Å². The molecule has 0 saturated heterocycles. The third kappa shape index (κ3) is 5.88. The molecule has 0 aliphatic carbocycles. The number of hydrazine groups is 1. The minimum atomic E-state index is 0.701. The second-order valence-corrected chi connectivity index (χ2v) is 1.15. The van der Waals surface area contributed by atoms with Gasteiger partial charge in [-0.05, 0) is 6.92 Å². The van der Waals surface area contributed by atoms with E-state index >= 15 is 0 Å². The molecule has 0 radical (unpaired) electrons. The Labute approximate surface area is 43.8 Å². The summed E-state index contributed by atoms with van der Waals surface area (Å²) in [5, 5.41) is 0. The molecule has 0 fully saturated rings. The molecule has 7 heavy (non-hydrogen) atoms. The molecule has 0 aromatic carbocycles. The molecule has 0 aliphatic rings. The molecule has 0 spiro atoms. The van der Waals surface area contributed by atoms with Crippen molar-refractivity contribution in [1.29, 1.82) is 0 Å². The van der Waals surface area contributed by atoms with E-state index in [0.29, 0.717) is 6.61 Å². The predicted octanol–water partition coefficient (Wildman–Crippen LogP) is -0.514. The molecule has 3 nitrogen and oxygen atoms in total. The fourth-order valence-corrected chi connectivity index (χ4v) is 0.275. The van der Waals surface area contributed by atoms with Gasteiger partial charge in [-0.2, -0.15) is 0 Å². The van der Waals surface area contributed by atoms with Crippen LogP contribution in [0.3, 0.4) is 0 Å². The van der Waals surface area contributed by atoms with Crippen LogP contribution in [0.15, 0.2) is 0 Å². The summed E-state index contributed by atoms with van der Waals surface area (Å²) in [6.45, 7) is 4.15. The van der Waals surface area contributed by atoms with Crippen LogP contribution in [-0.4, -0.2) is 19.8 Å². The average molecular weight is 104 g/mol. The van der Waals surface area contributed by atoms with E-state index in [2.05, 4.69) is 5.43 Å². The van der Waals surface area contributed by atoms with E-state index in [1.165, 1.54) is 0 Å². The Hall–Kier alpha value is -0.120. The summed E-state index contributed by atoms with van der Waals surface area (Å²) in [6, 6.07) is 0. The van der Waals surface area contributed by atoms with Crippen molar-refractivity contribution in [3.8, 4) is 0 Å². The quantitative estimate of drug-likeness (QED) is 0.287. The SMILES string of the molecule is CCOCCNN. The van der Waals surface area contributed by atoms with Gasteiger partial charge in [0.15, 0.2) is 0 Å². The molecule has 3 N–H and O–H groups in total. The molecule has 0 atom stereocenters. The van der Waals surface area contributed by atoms with Gasteiger partial charge in [-0.15, -0.1) is 0 Å². The first-order valence-corrected chi connectivity index (χ1v) is 2.43. The number of nitrogens with one attached hydrogen (secondary N) is 1. The summed E-state index contributed by atoms with van der Waals surface area (Å²) in [5.74, 6) is 4.94. The maximum atomic E-state index is 4.94. The first kappa shape index (κ1) is 6.88. The summed E-state index contributed by atoms with van der Waals surface area (Å²) in [6.07, 6.45) is 0. The molecule has 0 saturated carbocycles. The van der Waals surface area contributed by atoms with Crippen LogP contribution in [0.5, 0.6) is 0 Å². The molecule has 0 unspecified atom stereocenters. The Morgan fingerprint density at radius 3 is 2.86 bits per heavy atom. The van der Waals surface area contributed by atoms with Crippen LogP contribution in [0.1, 0.15) is 6.92 Å². The number of hydrogen-bond donors (Lipinski definition) is 2. The first-order valence-electron chi connectivity index (χ1n) is 2.43. The largest absolute Gasteiger partial charge is 0.380 e. The minimum absolute atomic E-state index is 0.701. The van der Waals surface area contributed by atoms with E-state index in [1.54, 1.807) is 0 Å². The lowest BCUT2D eigenvalue weighted by Gasteiger charge is -1.96. The Morgan fingerprint density at radius 2 is 2.43 bits per heavy atom. The van der Waals surface area contributed by atoms with Crippen molar-refractivity contribution in [2.24, 2.45) is 5.84 Å². The smallest absolute Gasteiger partial charge is 0.0604 e. The number of rotatable bonds is 4. The van der Waals surface area contributed by atoms with Crippen LogP contribution in [0, 0.1) is 0 Å².